The van der Waals surface area contributed by atoms with Crippen LogP contribution in [0.15, 0.2) is 60.7 Å². The number of amides is 1. The zero-order chi connectivity index (χ0) is 19.3. The van der Waals surface area contributed by atoms with E-state index in [1.807, 2.05) is 42.5 Å². The molecule has 4 rings (SSSR count). The second-order valence-electron chi connectivity index (χ2n) is 6.66. The quantitative estimate of drug-likeness (QED) is 0.738. The van der Waals surface area contributed by atoms with E-state index in [1.54, 1.807) is 24.1 Å². The summed E-state index contributed by atoms with van der Waals surface area (Å²) in [6.45, 7) is 1.26. The first kappa shape index (κ1) is 18.0. The van der Waals surface area contributed by atoms with Crippen LogP contribution in [-0.4, -0.2) is 29.8 Å². The summed E-state index contributed by atoms with van der Waals surface area (Å²) in [5, 5.41) is 11.5. The highest BCUT2D eigenvalue weighted by Crippen LogP contribution is 2.27. The zero-order valence-electron chi connectivity index (χ0n) is 15.8. The van der Waals surface area contributed by atoms with Gasteiger partial charge in [-0.2, -0.15) is 0 Å². The van der Waals surface area contributed by atoms with E-state index in [-0.39, 0.29) is 5.91 Å². The number of rotatable bonds is 5. The lowest BCUT2D eigenvalue weighted by Gasteiger charge is -2.29. The third kappa shape index (κ3) is 3.67. The molecule has 0 aliphatic carbocycles. The van der Waals surface area contributed by atoms with Crippen LogP contribution in [0, 0.1) is 0 Å². The fraction of sp³-hybridized carbons (Fsp3) is 0.227. The molecule has 142 valence electrons. The summed E-state index contributed by atoms with van der Waals surface area (Å²) in [4.78, 5) is 14.7. The molecule has 0 saturated heterocycles. The number of para-hydroxylation sites is 2. The number of anilines is 2. The first-order valence-corrected chi connectivity index (χ1v) is 9.35. The lowest BCUT2D eigenvalue weighted by atomic mass is 10.0. The highest BCUT2D eigenvalue weighted by molar-refractivity contribution is 6.05. The number of hydrogen-bond donors (Lipinski definition) is 1. The summed E-state index contributed by atoms with van der Waals surface area (Å²) in [5.41, 5.74) is 3.54. The highest BCUT2D eigenvalue weighted by atomic mass is 16.5. The predicted octanol–water partition coefficient (Wildman–Crippen LogP) is 3.69. The average Bonchev–Trinajstić information content (AvgIpc) is 2.77. The first-order valence-electron chi connectivity index (χ1n) is 9.35. The lowest BCUT2D eigenvalue weighted by molar-refractivity contribution is 0.0979. The fourth-order valence-corrected chi connectivity index (χ4v) is 3.46. The van der Waals surface area contributed by atoms with E-state index in [4.69, 9.17) is 4.74 Å². The van der Waals surface area contributed by atoms with E-state index in [0.29, 0.717) is 24.6 Å². The molecule has 1 aliphatic rings. The normalized spacial score (nSPS) is 13.0. The van der Waals surface area contributed by atoms with Crippen LogP contribution < -0.4 is 15.0 Å². The molecule has 0 radical (unpaired) electrons. The van der Waals surface area contributed by atoms with Gasteiger partial charge in [-0.1, -0.05) is 36.4 Å². The molecule has 3 aromatic rings. The molecule has 0 unspecified atom stereocenters. The standard InChI is InChI=1S/C22H22N4O2/c1-28-20-11-5-3-8-17(20)15-23-21-13-12-18(24-25-21)22(27)26-14-6-9-16-7-2-4-10-19(16)26/h2-5,7-8,10-13H,6,9,14-15H2,1H3,(H,23,25). The van der Waals surface area contributed by atoms with Crippen molar-refractivity contribution >= 4 is 17.4 Å². The van der Waals surface area contributed by atoms with Crippen LogP contribution >= 0.6 is 0 Å². The summed E-state index contributed by atoms with van der Waals surface area (Å²) in [6.07, 6.45) is 1.95. The SMILES string of the molecule is COc1ccccc1CNc1ccc(C(=O)N2CCCc3ccccc32)nn1. The van der Waals surface area contributed by atoms with E-state index < -0.39 is 0 Å². The molecular formula is C22H22N4O2. The van der Waals surface area contributed by atoms with Gasteiger partial charge in [-0.3, -0.25) is 4.79 Å². The number of carbonyl (C=O) groups excluding carboxylic acids is 1. The Labute approximate surface area is 164 Å². The van der Waals surface area contributed by atoms with Crippen LogP contribution in [0.1, 0.15) is 28.0 Å². The van der Waals surface area contributed by atoms with E-state index in [1.165, 1.54) is 5.56 Å². The van der Waals surface area contributed by atoms with Gasteiger partial charge in [0, 0.05) is 24.3 Å². The predicted molar refractivity (Wildman–Crippen MR) is 109 cm³/mol. The molecule has 0 saturated carbocycles. The number of methoxy groups -OCH3 is 1. The molecule has 2 heterocycles. The molecule has 0 fully saturated rings. The fourth-order valence-electron chi connectivity index (χ4n) is 3.46. The number of ether oxygens (including phenoxy) is 1. The Balaban J connectivity index is 1.46. The molecular weight excluding hydrogens is 352 g/mol. The molecule has 0 spiro atoms. The molecule has 1 aromatic heterocycles. The molecule has 1 amide bonds. The van der Waals surface area contributed by atoms with E-state index in [2.05, 4.69) is 21.6 Å². The van der Waals surface area contributed by atoms with Gasteiger partial charge in [-0.25, -0.2) is 0 Å². The monoisotopic (exact) mass is 374 g/mol. The van der Waals surface area contributed by atoms with Gasteiger partial charge < -0.3 is 15.0 Å². The largest absolute Gasteiger partial charge is 0.496 e. The van der Waals surface area contributed by atoms with Crippen LogP contribution in [0.2, 0.25) is 0 Å². The molecule has 1 aliphatic heterocycles. The number of fused-ring (bicyclic) bond motifs is 1. The highest BCUT2D eigenvalue weighted by Gasteiger charge is 2.24. The topological polar surface area (TPSA) is 67.3 Å². The van der Waals surface area contributed by atoms with Gasteiger partial charge in [0.2, 0.25) is 0 Å². The van der Waals surface area contributed by atoms with Crippen molar-refractivity contribution in [1.29, 1.82) is 0 Å². The summed E-state index contributed by atoms with van der Waals surface area (Å²) >= 11 is 0. The second kappa shape index (κ2) is 8.08. The van der Waals surface area contributed by atoms with Crippen molar-refractivity contribution in [2.24, 2.45) is 0 Å². The van der Waals surface area contributed by atoms with Crippen molar-refractivity contribution in [3.63, 3.8) is 0 Å². The summed E-state index contributed by atoms with van der Waals surface area (Å²) < 4.78 is 5.35. The minimum atomic E-state index is -0.115. The maximum absolute atomic E-state index is 12.9. The molecule has 0 atom stereocenters. The third-order valence-electron chi connectivity index (χ3n) is 4.89. The Kier molecular flexibility index (Phi) is 5.19. The summed E-state index contributed by atoms with van der Waals surface area (Å²) in [7, 11) is 1.65. The van der Waals surface area contributed by atoms with Crippen molar-refractivity contribution in [3.8, 4) is 5.75 Å². The van der Waals surface area contributed by atoms with Crippen LogP contribution in [0.4, 0.5) is 11.5 Å². The Bertz CT molecular complexity index is 972. The van der Waals surface area contributed by atoms with Gasteiger partial charge in [-0.15, -0.1) is 10.2 Å². The first-order chi connectivity index (χ1) is 13.8. The Morgan fingerprint density at radius 2 is 1.89 bits per heavy atom. The van der Waals surface area contributed by atoms with Crippen molar-refractivity contribution < 1.29 is 9.53 Å². The van der Waals surface area contributed by atoms with Crippen LogP contribution in [0.5, 0.6) is 5.75 Å². The minimum Gasteiger partial charge on any atom is -0.496 e. The van der Waals surface area contributed by atoms with E-state index in [0.717, 1.165) is 29.8 Å². The molecule has 2 aromatic carbocycles. The second-order valence-corrected chi connectivity index (χ2v) is 6.66. The molecule has 6 heteroatoms. The molecule has 28 heavy (non-hydrogen) atoms. The van der Waals surface area contributed by atoms with Gasteiger partial charge >= 0.3 is 0 Å². The summed E-state index contributed by atoms with van der Waals surface area (Å²) in [5.74, 6) is 1.32. The van der Waals surface area contributed by atoms with Gasteiger partial charge in [0.15, 0.2) is 5.69 Å². The number of nitrogens with zero attached hydrogens (tertiary/aromatic N) is 3. The maximum atomic E-state index is 12.9. The van der Waals surface area contributed by atoms with Crippen LogP contribution in [0.3, 0.4) is 0 Å². The van der Waals surface area contributed by atoms with Crippen LogP contribution in [-0.2, 0) is 13.0 Å². The number of aromatic nitrogens is 2. The van der Waals surface area contributed by atoms with Gasteiger partial charge in [0.1, 0.15) is 11.6 Å². The summed E-state index contributed by atoms with van der Waals surface area (Å²) in [6, 6.07) is 19.3. The lowest BCUT2D eigenvalue weighted by Crippen LogP contribution is -2.36. The molecule has 6 nitrogen and oxygen atoms in total. The van der Waals surface area contributed by atoms with Gasteiger partial charge in [0.25, 0.3) is 5.91 Å². The number of aryl methyl sites for hydroxylation is 1. The van der Waals surface area contributed by atoms with Crippen molar-refractivity contribution in [3.05, 3.63) is 77.5 Å². The number of nitrogens with one attached hydrogen (secondary N) is 1. The zero-order valence-corrected chi connectivity index (χ0v) is 15.8. The van der Waals surface area contributed by atoms with Gasteiger partial charge in [-0.05, 0) is 42.7 Å². The Hall–Kier alpha value is -3.41. The maximum Gasteiger partial charge on any atom is 0.278 e. The number of carbonyl (C=O) groups is 1. The van der Waals surface area contributed by atoms with E-state index in [9.17, 15) is 4.79 Å². The average molecular weight is 374 g/mol. The Morgan fingerprint density at radius 1 is 1.07 bits per heavy atom. The smallest absolute Gasteiger partial charge is 0.278 e. The van der Waals surface area contributed by atoms with Crippen molar-refractivity contribution in [1.82, 2.24) is 10.2 Å². The Morgan fingerprint density at radius 3 is 2.71 bits per heavy atom. The number of benzene rings is 2. The molecule has 0 bridgehead atoms. The van der Waals surface area contributed by atoms with Crippen molar-refractivity contribution in [2.75, 3.05) is 23.9 Å². The van der Waals surface area contributed by atoms with E-state index >= 15 is 0 Å². The van der Waals surface area contributed by atoms with Gasteiger partial charge in [0.05, 0.1) is 7.11 Å². The molecule has 1 N–H and O–H groups in total. The minimum absolute atomic E-state index is 0.115. The number of hydrogen-bond acceptors (Lipinski definition) is 5. The van der Waals surface area contributed by atoms with Crippen LogP contribution in [0.25, 0.3) is 0 Å². The third-order valence-corrected chi connectivity index (χ3v) is 4.89. The van der Waals surface area contributed by atoms with Crippen molar-refractivity contribution in [2.45, 2.75) is 19.4 Å².